The summed E-state index contributed by atoms with van der Waals surface area (Å²) in [7, 11) is -10.7. The van der Waals surface area contributed by atoms with E-state index < -0.39 is 7.81 Å². The number of nitrogens with one attached hydrogen (secondary N) is 1. The van der Waals surface area contributed by atoms with Crippen LogP contribution in [0, 0.1) is 11.8 Å². The number of quaternary nitrogens is 1. The number of piperidine rings is 3. The van der Waals surface area contributed by atoms with Crippen LogP contribution in [0.3, 0.4) is 0 Å². The number of pyridine rings is 1. The third-order valence-corrected chi connectivity index (χ3v) is 9.27. The first kappa shape index (κ1) is 31.2. The van der Waals surface area contributed by atoms with Gasteiger partial charge in [0, 0.05) is 52.2 Å². The molecule has 1 N–H and O–H groups in total. The van der Waals surface area contributed by atoms with Gasteiger partial charge in [-0.25, -0.2) is 0 Å². The Kier molecular flexibility index (Phi) is 7.60. The van der Waals surface area contributed by atoms with E-state index in [0.717, 1.165) is 61.9 Å². The average molecular weight is 647 g/mol. The van der Waals surface area contributed by atoms with E-state index in [0.29, 0.717) is 6.04 Å². The molecule has 3 aliphatic heterocycles. The Morgan fingerprint density at radius 2 is 1.42 bits per heavy atom. The molecule has 11 heteroatoms. The number of halogens is 6. The molecule has 8 rings (SSSR count). The van der Waals surface area contributed by atoms with Crippen molar-refractivity contribution < 1.29 is 39.6 Å². The average Bonchev–Trinajstić information content (AvgIpc) is 3.01. The van der Waals surface area contributed by atoms with E-state index in [-0.39, 0.29) is 6.10 Å². The molecular weight excluding hydrogens is 613 g/mol. The van der Waals surface area contributed by atoms with Crippen LogP contribution in [-0.2, 0) is 0 Å². The van der Waals surface area contributed by atoms with Crippen LogP contribution in [0.4, 0.5) is 25.2 Å². The summed E-state index contributed by atoms with van der Waals surface area (Å²) >= 11 is 0. The Morgan fingerprint density at radius 3 is 1.96 bits per heavy atom. The molecule has 3 aliphatic rings. The number of carbonyl (C=O) groups is 1. The van der Waals surface area contributed by atoms with E-state index in [1.165, 1.54) is 37.9 Å². The molecule has 238 valence electrons. The summed E-state index contributed by atoms with van der Waals surface area (Å²) < 4.78 is 66.5. The second kappa shape index (κ2) is 11.0. The standard InChI is InChI=1S/C34H32N2O2.F6P/c1-2-22-20-36-18-16-23(22)19-32(36)34(29-15-17-35-31-14-8-7-11-26(29)31)38-33-27-12-5-3-9-24(27)30(21-37)25-10-4-6-13-28(25)33;1-7(2,3,4,5)6/h3-15,17,21-23,32,34H,2,16,18-20H2,1H3;/q;-1/p+1/t22-,23-,32+,34-;/m0./s1. The monoisotopic (exact) mass is 646 g/mol. The van der Waals surface area contributed by atoms with E-state index in [1.54, 1.807) is 4.90 Å². The number of para-hydroxylation sites is 1. The van der Waals surface area contributed by atoms with Crippen molar-refractivity contribution in [1.82, 2.24) is 4.98 Å². The fraction of sp³-hybridized carbons (Fsp3) is 0.294. The summed E-state index contributed by atoms with van der Waals surface area (Å²) in [5, 5.41) is 5.03. The zero-order valence-electron chi connectivity index (χ0n) is 24.5. The van der Waals surface area contributed by atoms with Crippen LogP contribution in [0.2, 0.25) is 0 Å². The van der Waals surface area contributed by atoms with E-state index in [9.17, 15) is 30.0 Å². The number of aromatic nitrogens is 1. The van der Waals surface area contributed by atoms with Crippen LogP contribution in [0.5, 0.6) is 5.75 Å². The molecule has 0 saturated carbocycles. The maximum atomic E-state index is 12.3. The predicted molar refractivity (Wildman–Crippen MR) is 167 cm³/mol. The van der Waals surface area contributed by atoms with E-state index in [2.05, 4.69) is 54.4 Å². The fourth-order valence-corrected chi connectivity index (χ4v) is 7.40. The summed E-state index contributed by atoms with van der Waals surface area (Å²) in [5.41, 5.74) is 2.94. The van der Waals surface area contributed by atoms with E-state index in [1.807, 2.05) is 42.6 Å². The molecule has 5 atom stereocenters. The number of fused-ring (bicyclic) bond motifs is 6. The molecule has 0 spiro atoms. The topological polar surface area (TPSA) is 43.6 Å². The minimum atomic E-state index is -10.7. The van der Waals surface area contributed by atoms with Gasteiger partial charge in [0.1, 0.15) is 11.8 Å². The third kappa shape index (κ3) is 6.92. The molecule has 4 aromatic carbocycles. The number of benzene rings is 4. The van der Waals surface area contributed by atoms with Crippen LogP contribution in [0.15, 0.2) is 85.1 Å². The van der Waals surface area contributed by atoms with Crippen LogP contribution in [0.25, 0.3) is 32.4 Å². The quantitative estimate of drug-likeness (QED) is 0.0865. The molecule has 3 fully saturated rings. The van der Waals surface area contributed by atoms with Gasteiger partial charge in [-0.05, 0) is 35.2 Å². The number of rotatable bonds is 6. The molecule has 0 radical (unpaired) electrons. The van der Waals surface area contributed by atoms with E-state index >= 15 is 0 Å². The van der Waals surface area contributed by atoms with Crippen molar-refractivity contribution in [2.24, 2.45) is 11.8 Å². The fourth-order valence-electron chi connectivity index (χ4n) is 7.40. The van der Waals surface area contributed by atoms with Crippen molar-refractivity contribution in [1.29, 1.82) is 0 Å². The Bertz CT molecular complexity index is 1830. The van der Waals surface area contributed by atoms with Crippen molar-refractivity contribution >= 4 is 46.5 Å². The third-order valence-electron chi connectivity index (χ3n) is 9.27. The molecule has 2 bridgehead atoms. The van der Waals surface area contributed by atoms with Gasteiger partial charge in [-0.15, -0.1) is 0 Å². The first-order valence-corrected chi connectivity index (χ1v) is 17.0. The van der Waals surface area contributed by atoms with Crippen LogP contribution >= 0.6 is 7.81 Å². The predicted octanol–water partition coefficient (Wildman–Crippen LogP) is 9.56. The van der Waals surface area contributed by atoms with Gasteiger partial charge in [0.05, 0.1) is 18.6 Å². The normalized spacial score (nSPS) is 23.5. The number of ether oxygens (including phenoxy) is 1. The molecule has 1 unspecified atom stereocenters. The molecule has 3 saturated heterocycles. The van der Waals surface area contributed by atoms with Gasteiger partial charge in [0.25, 0.3) is 0 Å². The Morgan fingerprint density at radius 1 is 0.867 bits per heavy atom. The molecular formula is C34H33F6N2O2P. The molecule has 4 nitrogen and oxygen atoms in total. The molecule has 0 amide bonds. The maximum absolute atomic E-state index is 12.3. The Hall–Kier alpha value is -3.75. The number of carbonyl (C=O) groups excluding carboxylic acids is 1. The van der Waals surface area contributed by atoms with Gasteiger partial charge < -0.3 is 9.64 Å². The van der Waals surface area contributed by atoms with Crippen molar-refractivity contribution in [2.75, 3.05) is 13.1 Å². The van der Waals surface area contributed by atoms with Gasteiger partial charge in [-0.3, -0.25) is 9.78 Å². The SMILES string of the molecule is CC[C@H]1C[NH+]2CC[C@H]1C[C@@H]2[C@@H](Oc1c2ccccc2c(C=O)c2ccccc12)c1ccnc2ccccc12.F[P-](F)(F)(F)(F)F. The zero-order chi connectivity index (χ0) is 32.0. The number of hydrogen-bond donors (Lipinski definition) is 1. The van der Waals surface area contributed by atoms with Gasteiger partial charge in [-0.1, -0.05) is 73.7 Å². The Labute approximate surface area is 256 Å². The van der Waals surface area contributed by atoms with Crippen LogP contribution < -0.4 is 9.64 Å². The van der Waals surface area contributed by atoms with Crippen molar-refractivity contribution in [3.8, 4) is 5.75 Å². The molecule has 1 aromatic heterocycles. The summed E-state index contributed by atoms with van der Waals surface area (Å²) in [4.78, 5) is 18.6. The van der Waals surface area contributed by atoms with Crippen molar-refractivity contribution in [3.05, 3.63) is 96.2 Å². The van der Waals surface area contributed by atoms with Gasteiger partial charge in [-0.2, -0.15) is 0 Å². The number of hydrogen-bond acceptors (Lipinski definition) is 3. The van der Waals surface area contributed by atoms with Crippen molar-refractivity contribution in [2.45, 2.75) is 38.3 Å². The first-order valence-electron chi connectivity index (χ1n) is 15.0. The summed E-state index contributed by atoms with van der Waals surface area (Å²) in [6, 6.07) is 27.3. The van der Waals surface area contributed by atoms with E-state index in [4.69, 9.17) is 4.74 Å². The zero-order valence-corrected chi connectivity index (χ0v) is 25.4. The van der Waals surface area contributed by atoms with Crippen LogP contribution in [-0.4, -0.2) is 30.4 Å². The summed E-state index contributed by atoms with van der Waals surface area (Å²) in [5.74, 6) is 2.44. The van der Waals surface area contributed by atoms with Gasteiger partial charge in [0.2, 0.25) is 0 Å². The van der Waals surface area contributed by atoms with Crippen LogP contribution in [0.1, 0.15) is 48.2 Å². The minimum absolute atomic E-state index is 0.118. The number of nitrogens with zero attached hydrogens (tertiary/aromatic N) is 1. The van der Waals surface area contributed by atoms with Gasteiger partial charge in [0.15, 0.2) is 12.4 Å². The second-order valence-corrected chi connectivity index (χ2v) is 14.0. The first-order chi connectivity index (χ1) is 21.2. The van der Waals surface area contributed by atoms with Gasteiger partial charge >= 0.3 is 33.0 Å². The number of aldehydes is 1. The molecule has 45 heavy (non-hydrogen) atoms. The van der Waals surface area contributed by atoms with Crippen molar-refractivity contribution in [3.63, 3.8) is 0 Å². The Balaban J connectivity index is 0.000000460. The molecule has 5 aromatic rings. The summed E-state index contributed by atoms with van der Waals surface area (Å²) in [6.45, 7) is 4.78. The molecule has 0 aliphatic carbocycles. The second-order valence-electron chi connectivity index (χ2n) is 12.0. The molecule has 4 heterocycles. The summed E-state index contributed by atoms with van der Waals surface area (Å²) in [6.07, 6.45) is 6.55.